The third kappa shape index (κ3) is 3.33. The van der Waals surface area contributed by atoms with Crippen molar-refractivity contribution in [2.24, 2.45) is 7.05 Å². The van der Waals surface area contributed by atoms with E-state index < -0.39 is 22.9 Å². The number of fused-ring (bicyclic) bond motifs is 4. The van der Waals surface area contributed by atoms with Gasteiger partial charge in [0, 0.05) is 35.6 Å². The molecule has 1 spiro atoms. The number of halogens is 2. The van der Waals surface area contributed by atoms with Crippen molar-refractivity contribution in [2.45, 2.75) is 25.4 Å². The number of aromatic nitrogens is 3. The van der Waals surface area contributed by atoms with Crippen molar-refractivity contribution in [2.75, 3.05) is 17.3 Å². The molecule has 0 fully saturated rings. The van der Waals surface area contributed by atoms with Crippen LogP contribution >= 0.6 is 23.2 Å². The molecule has 2 aliphatic rings. The number of carbonyl (C=O) groups is 2. The molecule has 4 aromatic rings. The Morgan fingerprint density at radius 3 is 2.49 bits per heavy atom. The van der Waals surface area contributed by atoms with Gasteiger partial charge in [0.15, 0.2) is 11.2 Å². The van der Waals surface area contributed by atoms with Crippen LogP contribution < -0.4 is 20.5 Å². The number of aryl methyl sites for hydroxylation is 1. The summed E-state index contributed by atoms with van der Waals surface area (Å²) in [6.45, 7) is 3.88. The summed E-state index contributed by atoms with van der Waals surface area (Å²) in [6.07, 6.45) is 1.45. The molecule has 0 radical (unpaired) electrons. The van der Waals surface area contributed by atoms with E-state index in [1.807, 2.05) is 36.6 Å². The molecule has 2 aromatic heterocycles. The average molecular weight is 564 g/mol. The van der Waals surface area contributed by atoms with Crippen molar-refractivity contribution in [3.63, 3.8) is 0 Å². The van der Waals surface area contributed by atoms with Gasteiger partial charge in [-0.3, -0.25) is 19.3 Å². The number of nitrogens with zero attached hydrogens (tertiary/aromatic N) is 4. The van der Waals surface area contributed by atoms with Crippen LogP contribution in [0.4, 0.5) is 11.4 Å². The van der Waals surface area contributed by atoms with Crippen LogP contribution in [0.25, 0.3) is 11.4 Å². The SMILES string of the molecule is COc1ccccc1-c1nc2c(n1C(C)C)[C@@]1(C(=O)Nc3cc(Cl)ccc31)N(c1cc(Cl)cn(C)c1=O)C2=O. The second kappa shape index (κ2) is 8.72. The minimum absolute atomic E-state index is 0.0416. The Labute approximate surface area is 233 Å². The van der Waals surface area contributed by atoms with E-state index in [9.17, 15) is 14.4 Å². The number of amides is 2. The summed E-state index contributed by atoms with van der Waals surface area (Å²) in [5.41, 5.74) is -0.305. The number of methoxy groups -OCH3 is 1. The van der Waals surface area contributed by atoms with Crippen LogP contribution in [-0.2, 0) is 17.4 Å². The Hall–Kier alpha value is -4.08. The third-order valence-corrected chi connectivity index (χ3v) is 7.62. The van der Waals surface area contributed by atoms with Gasteiger partial charge in [0.05, 0.1) is 23.4 Å². The van der Waals surface area contributed by atoms with Gasteiger partial charge in [0.25, 0.3) is 17.4 Å². The normalized spacial score (nSPS) is 17.7. The highest BCUT2D eigenvalue weighted by Crippen LogP contribution is 2.54. The Morgan fingerprint density at radius 1 is 1.03 bits per heavy atom. The number of benzene rings is 2. The van der Waals surface area contributed by atoms with Gasteiger partial charge in [-0.05, 0) is 44.2 Å². The first-order valence-electron chi connectivity index (χ1n) is 12.2. The molecular weight excluding hydrogens is 541 g/mol. The number of imidazole rings is 1. The van der Waals surface area contributed by atoms with Crippen LogP contribution in [0.5, 0.6) is 5.75 Å². The number of rotatable bonds is 4. The van der Waals surface area contributed by atoms with Gasteiger partial charge in [-0.15, -0.1) is 0 Å². The maximum atomic E-state index is 14.4. The van der Waals surface area contributed by atoms with E-state index in [2.05, 4.69) is 5.32 Å². The fourth-order valence-corrected chi connectivity index (χ4v) is 6.07. The maximum Gasteiger partial charge on any atom is 0.280 e. The number of para-hydroxylation sites is 1. The van der Waals surface area contributed by atoms with Crippen molar-refractivity contribution >= 4 is 46.4 Å². The molecule has 2 amide bonds. The summed E-state index contributed by atoms with van der Waals surface area (Å²) >= 11 is 12.6. The van der Waals surface area contributed by atoms with Crippen molar-refractivity contribution in [1.82, 2.24) is 14.1 Å². The lowest BCUT2D eigenvalue weighted by Gasteiger charge is -2.35. The summed E-state index contributed by atoms with van der Waals surface area (Å²) < 4.78 is 8.74. The van der Waals surface area contributed by atoms with Crippen LogP contribution in [0.1, 0.15) is 41.6 Å². The van der Waals surface area contributed by atoms with Crippen LogP contribution in [0.2, 0.25) is 10.0 Å². The van der Waals surface area contributed by atoms with E-state index in [1.54, 1.807) is 31.4 Å². The lowest BCUT2D eigenvalue weighted by Crippen LogP contribution is -2.53. The van der Waals surface area contributed by atoms with Gasteiger partial charge in [0.1, 0.15) is 17.3 Å². The molecule has 39 heavy (non-hydrogen) atoms. The first kappa shape index (κ1) is 25.2. The zero-order valence-electron chi connectivity index (χ0n) is 21.5. The number of nitrogens with one attached hydrogen (secondary N) is 1. The number of ether oxygens (including phenoxy) is 1. The third-order valence-electron chi connectivity index (χ3n) is 7.18. The van der Waals surface area contributed by atoms with E-state index in [0.29, 0.717) is 39.1 Å². The molecule has 1 N–H and O–H groups in total. The fourth-order valence-electron chi connectivity index (χ4n) is 5.65. The molecule has 6 rings (SSSR count). The van der Waals surface area contributed by atoms with Gasteiger partial charge in [-0.25, -0.2) is 4.98 Å². The Bertz CT molecular complexity index is 1780. The lowest BCUT2D eigenvalue weighted by atomic mass is 9.87. The number of hydrogen-bond acceptors (Lipinski definition) is 5. The molecule has 1 atom stereocenters. The quantitative estimate of drug-likeness (QED) is 0.376. The molecule has 2 aromatic carbocycles. The van der Waals surface area contributed by atoms with Crippen LogP contribution in [-0.4, -0.2) is 33.0 Å². The molecule has 0 saturated heterocycles. The van der Waals surface area contributed by atoms with E-state index in [1.165, 1.54) is 28.8 Å². The second-order valence-electron chi connectivity index (χ2n) is 9.75. The average Bonchev–Trinajstić information content (AvgIpc) is 3.50. The molecule has 198 valence electrons. The fraction of sp³-hybridized carbons (Fsp3) is 0.214. The highest BCUT2D eigenvalue weighted by atomic mass is 35.5. The molecule has 0 unspecified atom stereocenters. The predicted octanol–water partition coefficient (Wildman–Crippen LogP) is 5.00. The van der Waals surface area contributed by atoms with Gasteiger partial charge in [-0.2, -0.15) is 0 Å². The van der Waals surface area contributed by atoms with Crippen molar-refractivity contribution in [1.29, 1.82) is 0 Å². The number of carbonyl (C=O) groups excluding carboxylic acids is 2. The molecule has 9 nitrogen and oxygen atoms in total. The highest BCUT2D eigenvalue weighted by molar-refractivity contribution is 6.32. The second-order valence-corrected chi connectivity index (χ2v) is 10.6. The lowest BCUT2D eigenvalue weighted by molar-refractivity contribution is -0.119. The standard InChI is InChI=1S/C28H23Cl2N5O4/c1-14(2)34-23-22(32-24(34)17-7-5-6-8-21(17)39-4)26(37)35(20-12-16(30)13-33(3)25(20)36)28(23)18-10-9-15(29)11-19(18)31-27(28)38/h5-14H,1-4H3,(H,31,38)/t28-/m0/s1. The van der Waals surface area contributed by atoms with Crippen molar-refractivity contribution in [3.8, 4) is 17.1 Å². The van der Waals surface area contributed by atoms with Crippen LogP contribution in [0.15, 0.2) is 59.5 Å². The molecule has 4 heterocycles. The maximum absolute atomic E-state index is 14.4. The zero-order valence-corrected chi connectivity index (χ0v) is 23.0. The van der Waals surface area contributed by atoms with Gasteiger partial charge >= 0.3 is 0 Å². The molecule has 2 aliphatic heterocycles. The van der Waals surface area contributed by atoms with Gasteiger partial charge in [-0.1, -0.05) is 41.4 Å². The summed E-state index contributed by atoms with van der Waals surface area (Å²) in [7, 11) is 3.09. The first-order valence-corrected chi connectivity index (χ1v) is 12.9. The van der Waals surface area contributed by atoms with E-state index in [4.69, 9.17) is 32.9 Å². The number of pyridine rings is 1. The summed E-state index contributed by atoms with van der Waals surface area (Å²) in [5.74, 6) is -0.0811. The Balaban J connectivity index is 1.76. The molecule has 0 aliphatic carbocycles. The molecule has 11 heteroatoms. The first-order chi connectivity index (χ1) is 18.6. The van der Waals surface area contributed by atoms with Crippen molar-refractivity contribution in [3.05, 3.63) is 92.1 Å². The minimum Gasteiger partial charge on any atom is -0.496 e. The zero-order chi connectivity index (χ0) is 27.8. The highest BCUT2D eigenvalue weighted by Gasteiger charge is 2.64. The molecule has 0 saturated carbocycles. The summed E-state index contributed by atoms with van der Waals surface area (Å²) in [4.78, 5) is 48.1. The van der Waals surface area contributed by atoms with Gasteiger partial charge in [0.2, 0.25) is 0 Å². The largest absolute Gasteiger partial charge is 0.496 e. The Morgan fingerprint density at radius 2 is 1.77 bits per heavy atom. The van der Waals surface area contributed by atoms with Gasteiger partial charge < -0.3 is 19.2 Å². The molecule has 0 bridgehead atoms. The van der Waals surface area contributed by atoms with E-state index >= 15 is 0 Å². The summed E-state index contributed by atoms with van der Waals surface area (Å²) in [6, 6.07) is 13.5. The molecular formula is C28H23Cl2N5O4. The van der Waals surface area contributed by atoms with Crippen LogP contribution in [0.3, 0.4) is 0 Å². The van der Waals surface area contributed by atoms with E-state index in [-0.39, 0.29) is 22.4 Å². The van der Waals surface area contributed by atoms with E-state index in [0.717, 1.165) is 0 Å². The monoisotopic (exact) mass is 563 g/mol. The van der Waals surface area contributed by atoms with Crippen molar-refractivity contribution < 1.29 is 14.3 Å². The topological polar surface area (TPSA) is 98.5 Å². The number of hydrogen-bond donors (Lipinski definition) is 1. The predicted molar refractivity (Wildman–Crippen MR) is 149 cm³/mol. The number of anilines is 2. The smallest absolute Gasteiger partial charge is 0.280 e. The Kier molecular flexibility index (Phi) is 5.64. The summed E-state index contributed by atoms with van der Waals surface area (Å²) in [5, 5.41) is 3.54. The van der Waals surface area contributed by atoms with Crippen LogP contribution in [0, 0.1) is 0 Å². The minimum atomic E-state index is -1.75.